The van der Waals surface area contributed by atoms with Crippen LogP contribution in [-0.2, 0) is 4.74 Å². The number of methoxy groups -OCH3 is 1. The lowest BCUT2D eigenvalue weighted by molar-refractivity contribution is 0.0918. The van der Waals surface area contributed by atoms with Crippen molar-refractivity contribution in [2.24, 2.45) is 5.92 Å². The van der Waals surface area contributed by atoms with Crippen LogP contribution in [0.3, 0.4) is 0 Å². The zero-order chi connectivity index (χ0) is 25.1. The Kier molecular flexibility index (Phi) is 7.37. The first kappa shape index (κ1) is 24.5. The van der Waals surface area contributed by atoms with Gasteiger partial charge in [-0.2, -0.15) is 0 Å². The van der Waals surface area contributed by atoms with Crippen molar-refractivity contribution >= 4 is 22.5 Å². The Morgan fingerprint density at radius 2 is 1.89 bits per heavy atom. The Labute approximate surface area is 211 Å². The Bertz CT molecular complexity index is 1220. The van der Waals surface area contributed by atoms with Gasteiger partial charge in [-0.1, -0.05) is 0 Å². The van der Waals surface area contributed by atoms with Crippen molar-refractivity contribution < 1.29 is 18.7 Å². The topological polar surface area (TPSA) is 63.7 Å². The number of carbonyl (C=O) groups is 1. The van der Waals surface area contributed by atoms with Gasteiger partial charge in [0.1, 0.15) is 11.6 Å². The number of morpholine rings is 1. The molecule has 36 heavy (non-hydrogen) atoms. The number of carbonyl (C=O) groups excluding carboxylic acids is 1. The summed E-state index contributed by atoms with van der Waals surface area (Å²) in [6.45, 7) is 5.00. The molecular formula is C29H34FN3O3. The maximum atomic E-state index is 13.9. The molecule has 1 saturated carbocycles. The molecule has 5 rings (SSSR count). The molecule has 3 aromatic rings. The van der Waals surface area contributed by atoms with E-state index in [-0.39, 0.29) is 17.8 Å². The molecule has 2 heterocycles. The van der Waals surface area contributed by atoms with Gasteiger partial charge in [0.2, 0.25) is 0 Å². The van der Waals surface area contributed by atoms with Crippen LogP contribution in [0.2, 0.25) is 0 Å². The van der Waals surface area contributed by atoms with Crippen LogP contribution < -0.4 is 15.0 Å². The maximum Gasteiger partial charge on any atom is 0.251 e. The molecule has 190 valence electrons. The van der Waals surface area contributed by atoms with Crippen LogP contribution in [0.25, 0.3) is 10.9 Å². The number of hydrogen-bond donors (Lipinski definition) is 1. The van der Waals surface area contributed by atoms with Crippen molar-refractivity contribution in [2.75, 3.05) is 38.3 Å². The Hall–Kier alpha value is -3.19. The average molecular weight is 492 g/mol. The lowest BCUT2D eigenvalue weighted by atomic mass is 9.75. The largest absolute Gasteiger partial charge is 0.495 e. The second-order valence-electron chi connectivity index (χ2n) is 9.92. The number of anilines is 1. The SMILES string of the molecule is COc1ccc(C(=O)N[C@H](C)C2CCC(c3ccnc4ccc(F)cc34)CC2)cc1N1CCOCC1. The third-order valence-electron chi connectivity index (χ3n) is 7.81. The molecule has 1 atom stereocenters. The first-order chi connectivity index (χ1) is 17.5. The monoisotopic (exact) mass is 491 g/mol. The van der Waals surface area contributed by atoms with Crippen molar-refractivity contribution in [3.8, 4) is 5.75 Å². The zero-order valence-electron chi connectivity index (χ0n) is 21.0. The van der Waals surface area contributed by atoms with Crippen molar-refractivity contribution in [1.29, 1.82) is 0 Å². The van der Waals surface area contributed by atoms with E-state index in [1.165, 1.54) is 11.6 Å². The number of halogens is 1. The summed E-state index contributed by atoms with van der Waals surface area (Å²) in [6.07, 6.45) is 5.90. The summed E-state index contributed by atoms with van der Waals surface area (Å²) in [5.41, 5.74) is 3.60. The molecule has 0 radical (unpaired) electrons. The fourth-order valence-electron chi connectivity index (χ4n) is 5.72. The minimum Gasteiger partial charge on any atom is -0.495 e. The van der Waals surface area contributed by atoms with Crippen molar-refractivity contribution in [1.82, 2.24) is 10.3 Å². The normalized spacial score (nSPS) is 21.2. The standard InChI is InChI=1S/C29H34FN3O3/c1-19(32-29(34)22-7-10-28(35-2)27(17-22)33-13-15-36-16-14-33)20-3-5-21(6-4-20)24-11-12-31-26-9-8-23(30)18-25(24)26/h7-12,17-21H,3-6,13-16H2,1-2H3,(H,32,34)/t19-,20?,21?/m1/s1. The minimum atomic E-state index is -0.225. The Balaban J connectivity index is 1.22. The summed E-state index contributed by atoms with van der Waals surface area (Å²) in [7, 11) is 1.66. The first-order valence-electron chi connectivity index (χ1n) is 12.9. The van der Waals surface area contributed by atoms with Gasteiger partial charge < -0.3 is 19.7 Å². The maximum absolute atomic E-state index is 13.9. The summed E-state index contributed by atoms with van der Waals surface area (Å²) in [5.74, 6) is 1.28. The number of benzene rings is 2. The number of aromatic nitrogens is 1. The summed E-state index contributed by atoms with van der Waals surface area (Å²) in [6, 6.07) is 12.6. The van der Waals surface area contributed by atoms with Crippen molar-refractivity contribution in [3.63, 3.8) is 0 Å². The summed E-state index contributed by atoms with van der Waals surface area (Å²) >= 11 is 0. The van der Waals surface area contributed by atoms with Crippen LogP contribution in [0.1, 0.15) is 54.4 Å². The second-order valence-corrected chi connectivity index (χ2v) is 9.92. The molecular weight excluding hydrogens is 457 g/mol. The molecule has 0 spiro atoms. The third kappa shape index (κ3) is 5.16. The molecule has 2 aliphatic rings. The molecule has 1 aliphatic carbocycles. The quantitative estimate of drug-likeness (QED) is 0.506. The van der Waals surface area contributed by atoms with E-state index >= 15 is 0 Å². The number of nitrogens with one attached hydrogen (secondary N) is 1. The molecule has 0 bridgehead atoms. The summed E-state index contributed by atoms with van der Waals surface area (Å²) < 4.78 is 24.9. The van der Waals surface area contributed by atoms with Gasteiger partial charge in [-0.05, 0) is 92.5 Å². The van der Waals surface area contributed by atoms with Crippen LogP contribution >= 0.6 is 0 Å². The number of nitrogens with zero attached hydrogens (tertiary/aromatic N) is 2. The van der Waals surface area contributed by atoms with E-state index < -0.39 is 0 Å². The highest BCUT2D eigenvalue weighted by atomic mass is 19.1. The molecule has 7 heteroatoms. The number of amides is 1. The molecule has 1 aliphatic heterocycles. The van der Waals surface area contributed by atoms with E-state index in [0.717, 1.165) is 61.1 Å². The number of hydrogen-bond acceptors (Lipinski definition) is 5. The van der Waals surface area contributed by atoms with Gasteiger partial charge in [0, 0.05) is 36.3 Å². The van der Waals surface area contributed by atoms with Gasteiger partial charge in [0.15, 0.2) is 0 Å². The Morgan fingerprint density at radius 3 is 2.64 bits per heavy atom. The van der Waals surface area contributed by atoms with Gasteiger partial charge in [-0.15, -0.1) is 0 Å². The molecule has 1 N–H and O–H groups in total. The van der Waals surface area contributed by atoms with E-state index in [2.05, 4.69) is 22.1 Å². The van der Waals surface area contributed by atoms with Crippen LogP contribution in [0.4, 0.5) is 10.1 Å². The summed E-state index contributed by atoms with van der Waals surface area (Å²) in [5, 5.41) is 4.16. The van der Waals surface area contributed by atoms with E-state index in [9.17, 15) is 9.18 Å². The van der Waals surface area contributed by atoms with Crippen LogP contribution in [0, 0.1) is 11.7 Å². The van der Waals surface area contributed by atoms with E-state index in [1.54, 1.807) is 19.2 Å². The summed E-state index contributed by atoms with van der Waals surface area (Å²) in [4.78, 5) is 19.8. The molecule has 1 amide bonds. The number of ether oxygens (including phenoxy) is 2. The predicted octanol–water partition coefficient (Wildman–Crippen LogP) is 5.31. The molecule has 2 aromatic carbocycles. The van der Waals surface area contributed by atoms with Crippen molar-refractivity contribution in [2.45, 2.75) is 44.6 Å². The highest BCUT2D eigenvalue weighted by molar-refractivity contribution is 5.96. The van der Waals surface area contributed by atoms with Gasteiger partial charge in [-0.3, -0.25) is 9.78 Å². The highest BCUT2D eigenvalue weighted by Crippen LogP contribution is 2.39. The minimum absolute atomic E-state index is 0.0580. The molecule has 1 aromatic heterocycles. The predicted molar refractivity (Wildman–Crippen MR) is 139 cm³/mol. The van der Waals surface area contributed by atoms with Gasteiger partial charge in [0.05, 0.1) is 31.5 Å². The average Bonchev–Trinajstić information content (AvgIpc) is 2.92. The number of pyridine rings is 1. The number of rotatable bonds is 6. The number of fused-ring (bicyclic) bond motifs is 1. The van der Waals surface area contributed by atoms with E-state index in [4.69, 9.17) is 9.47 Å². The third-order valence-corrected chi connectivity index (χ3v) is 7.81. The molecule has 2 fully saturated rings. The van der Waals surface area contributed by atoms with Gasteiger partial charge in [0.25, 0.3) is 5.91 Å². The van der Waals surface area contributed by atoms with E-state index in [1.807, 2.05) is 30.5 Å². The van der Waals surface area contributed by atoms with Gasteiger partial charge >= 0.3 is 0 Å². The Morgan fingerprint density at radius 1 is 1.11 bits per heavy atom. The van der Waals surface area contributed by atoms with Gasteiger partial charge in [-0.25, -0.2) is 4.39 Å². The second kappa shape index (κ2) is 10.8. The fourth-order valence-corrected chi connectivity index (χ4v) is 5.72. The van der Waals surface area contributed by atoms with Crippen LogP contribution in [-0.4, -0.2) is 50.3 Å². The smallest absolute Gasteiger partial charge is 0.251 e. The van der Waals surface area contributed by atoms with Crippen LogP contribution in [0.15, 0.2) is 48.7 Å². The van der Waals surface area contributed by atoms with E-state index in [0.29, 0.717) is 30.6 Å². The molecule has 6 nitrogen and oxygen atoms in total. The lowest BCUT2D eigenvalue weighted by Crippen LogP contribution is -2.40. The highest BCUT2D eigenvalue weighted by Gasteiger charge is 2.28. The van der Waals surface area contributed by atoms with Crippen LogP contribution in [0.5, 0.6) is 5.75 Å². The molecule has 0 unspecified atom stereocenters. The fraction of sp³-hybridized carbons (Fsp3) is 0.448. The van der Waals surface area contributed by atoms with Crippen molar-refractivity contribution in [3.05, 3.63) is 65.6 Å². The zero-order valence-corrected chi connectivity index (χ0v) is 21.0. The lowest BCUT2D eigenvalue weighted by Gasteiger charge is -2.33. The molecule has 1 saturated heterocycles. The first-order valence-corrected chi connectivity index (χ1v) is 12.9.